The summed E-state index contributed by atoms with van der Waals surface area (Å²) in [6.07, 6.45) is 0.564. The molecule has 2 rings (SSSR count). The Bertz CT molecular complexity index is 321. The number of alkyl halides is 1. The molecular formula is C11H13BrFN. The zero-order valence-electron chi connectivity index (χ0n) is 8.06. The summed E-state index contributed by atoms with van der Waals surface area (Å²) in [5.74, 6) is 0. The largest absolute Gasteiger partial charge is 0.307 e. The molecule has 14 heavy (non-hydrogen) atoms. The van der Waals surface area contributed by atoms with Gasteiger partial charge in [-0.25, -0.2) is 4.39 Å². The van der Waals surface area contributed by atoms with E-state index in [4.69, 9.17) is 0 Å². The van der Waals surface area contributed by atoms with Crippen molar-refractivity contribution in [1.29, 1.82) is 0 Å². The van der Waals surface area contributed by atoms with E-state index in [-0.39, 0.29) is 6.04 Å². The van der Waals surface area contributed by atoms with Crippen LogP contribution in [-0.2, 0) is 0 Å². The van der Waals surface area contributed by atoms with Gasteiger partial charge in [-0.15, -0.1) is 0 Å². The van der Waals surface area contributed by atoms with Gasteiger partial charge in [-0.1, -0.05) is 28.1 Å². The first-order valence-electron chi connectivity index (χ1n) is 4.75. The average Bonchev–Trinajstić information content (AvgIpc) is 2.47. The molecule has 76 valence electrons. The second kappa shape index (κ2) is 3.63. The Morgan fingerprint density at radius 1 is 1.43 bits per heavy atom. The summed E-state index contributed by atoms with van der Waals surface area (Å²) in [4.78, 5) is 0. The lowest BCUT2D eigenvalue weighted by Crippen LogP contribution is -2.20. The van der Waals surface area contributed by atoms with Crippen molar-refractivity contribution in [2.24, 2.45) is 0 Å². The Labute approximate surface area is 91.8 Å². The number of benzene rings is 1. The van der Waals surface area contributed by atoms with E-state index in [2.05, 4.69) is 21.2 Å². The molecule has 1 heterocycles. The Kier molecular flexibility index (Phi) is 2.62. The zero-order valence-corrected chi connectivity index (χ0v) is 9.64. The Balaban J connectivity index is 2.14. The van der Waals surface area contributed by atoms with Gasteiger partial charge in [0.05, 0.1) is 0 Å². The lowest BCUT2D eigenvalue weighted by atomic mass is 10.00. The summed E-state index contributed by atoms with van der Waals surface area (Å²) in [5.41, 5.74) is 0.104. The quantitative estimate of drug-likeness (QED) is 0.815. The first-order valence-corrected chi connectivity index (χ1v) is 5.54. The molecule has 1 aromatic rings. The second-order valence-electron chi connectivity index (χ2n) is 4.10. The summed E-state index contributed by atoms with van der Waals surface area (Å²) in [6.45, 7) is 2.10. The fourth-order valence-corrected chi connectivity index (χ4v) is 2.10. The fraction of sp³-hybridized carbons (Fsp3) is 0.455. The first kappa shape index (κ1) is 10.1. The number of rotatable bonds is 1. The minimum atomic E-state index is -1.06. The van der Waals surface area contributed by atoms with Crippen molar-refractivity contribution in [3.05, 3.63) is 34.3 Å². The van der Waals surface area contributed by atoms with Crippen molar-refractivity contribution in [3.63, 3.8) is 0 Å². The van der Waals surface area contributed by atoms with Gasteiger partial charge in [0.1, 0.15) is 5.67 Å². The van der Waals surface area contributed by atoms with Crippen LogP contribution < -0.4 is 5.32 Å². The maximum Gasteiger partial charge on any atom is 0.122 e. The van der Waals surface area contributed by atoms with Gasteiger partial charge in [0.25, 0.3) is 0 Å². The number of halogens is 2. The molecule has 0 spiro atoms. The van der Waals surface area contributed by atoms with Crippen molar-refractivity contribution in [1.82, 2.24) is 5.32 Å². The molecular weight excluding hydrogens is 245 g/mol. The highest BCUT2D eigenvalue weighted by Crippen LogP contribution is 2.32. The molecule has 1 aliphatic rings. The third-order valence-electron chi connectivity index (χ3n) is 2.62. The van der Waals surface area contributed by atoms with Crippen molar-refractivity contribution < 1.29 is 4.39 Å². The van der Waals surface area contributed by atoms with Gasteiger partial charge in [-0.05, 0) is 24.6 Å². The Hall–Kier alpha value is -0.410. The van der Waals surface area contributed by atoms with Gasteiger partial charge >= 0.3 is 0 Å². The highest BCUT2D eigenvalue weighted by Gasteiger charge is 2.35. The van der Waals surface area contributed by atoms with Gasteiger partial charge in [-0.3, -0.25) is 0 Å². The van der Waals surface area contributed by atoms with E-state index in [9.17, 15) is 4.39 Å². The molecule has 0 saturated carbocycles. The predicted octanol–water partition coefficient (Wildman–Crippen LogP) is 3.21. The summed E-state index contributed by atoms with van der Waals surface area (Å²) in [6, 6.07) is 8.21. The van der Waals surface area contributed by atoms with Gasteiger partial charge in [0.15, 0.2) is 0 Å². The molecule has 1 aliphatic heterocycles. The summed E-state index contributed by atoms with van der Waals surface area (Å²) < 4.78 is 14.6. The molecule has 1 nitrogen and oxygen atoms in total. The van der Waals surface area contributed by atoms with Gasteiger partial charge in [0.2, 0.25) is 0 Å². The maximum absolute atomic E-state index is 13.6. The summed E-state index contributed by atoms with van der Waals surface area (Å²) in [5, 5.41) is 3.19. The van der Waals surface area contributed by atoms with Crippen molar-refractivity contribution in [2.75, 3.05) is 6.54 Å². The molecule has 2 atom stereocenters. The third kappa shape index (κ3) is 2.15. The van der Waals surface area contributed by atoms with E-state index in [0.29, 0.717) is 13.0 Å². The van der Waals surface area contributed by atoms with E-state index in [1.54, 1.807) is 6.92 Å². The Morgan fingerprint density at radius 2 is 2.07 bits per heavy atom. The molecule has 1 aromatic carbocycles. The first-order chi connectivity index (χ1) is 6.57. The predicted molar refractivity (Wildman–Crippen MR) is 59.0 cm³/mol. The number of hydrogen-bond acceptors (Lipinski definition) is 1. The highest BCUT2D eigenvalue weighted by atomic mass is 79.9. The molecule has 0 amide bonds. The maximum atomic E-state index is 13.6. The minimum absolute atomic E-state index is 0.165. The van der Waals surface area contributed by atoms with Gasteiger partial charge in [0, 0.05) is 23.5 Å². The molecule has 0 radical (unpaired) electrons. The van der Waals surface area contributed by atoms with Crippen molar-refractivity contribution >= 4 is 15.9 Å². The lowest BCUT2D eigenvalue weighted by Gasteiger charge is -2.12. The van der Waals surface area contributed by atoms with E-state index in [1.807, 2.05) is 24.3 Å². The van der Waals surface area contributed by atoms with Crippen LogP contribution in [0.4, 0.5) is 4.39 Å². The smallest absolute Gasteiger partial charge is 0.122 e. The summed E-state index contributed by atoms with van der Waals surface area (Å²) in [7, 11) is 0. The van der Waals surface area contributed by atoms with Crippen molar-refractivity contribution in [2.45, 2.75) is 25.1 Å². The third-order valence-corrected chi connectivity index (χ3v) is 3.15. The highest BCUT2D eigenvalue weighted by molar-refractivity contribution is 9.10. The molecule has 1 N–H and O–H groups in total. The van der Waals surface area contributed by atoms with Crippen LogP contribution >= 0.6 is 15.9 Å². The number of hydrogen-bond donors (Lipinski definition) is 1. The fourth-order valence-electron chi connectivity index (χ4n) is 1.84. The van der Waals surface area contributed by atoms with Crippen LogP contribution in [-0.4, -0.2) is 12.2 Å². The zero-order chi connectivity index (χ0) is 10.2. The Morgan fingerprint density at radius 3 is 2.57 bits per heavy atom. The van der Waals surface area contributed by atoms with E-state index in [0.717, 1.165) is 10.0 Å². The van der Waals surface area contributed by atoms with Crippen molar-refractivity contribution in [3.8, 4) is 0 Å². The molecule has 1 fully saturated rings. The summed E-state index contributed by atoms with van der Waals surface area (Å²) >= 11 is 3.38. The molecule has 2 unspecified atom stereocenters. The molecule has 0 aromatic heterocycles. The standard InChI is InChI=1S/C11H13BrFN/c1-11(13)6-10(14-7-11)8-2-4-9(12)5-3-8/h2-5,10,14H,6-7H2,1H3. The van der Waals surface area contributed by atoms with E-state index in [1.165, 1.54) is 0 Å². The van der Waals surface area contributed by atoms with E-state index >= 15 is 0 Å². The van der Waals surface area contributed by atoms with E-state index < -0.39 is 5.67 Å². The van der Waals surface area contributed by atoms with Crippen LogP contribution in [0.1, 0.15) is 24.9 Å². The normalized spacial score (nSPS) is 32.1. The number of nitrogens with one attached hydrogen (secondary N) is 1. The van der Waals surface area contributed by atoms with Crippen LogP contribution in [0.25, 0.3) is 0 Å². The SMILES string of the molecule is CC1(F)CNC(c2ccc(Br)cc2)C1. The van der Waals surface area contributed by atoms with Gasteiger partial charge in [-0.2, -0.15) is 0 Å². The van der Waals surface area contributed by atoms with Gasteiger partial charge < -0.3 is 5.32 Å². The van der Waals surface area contributed by atoms with Crippen LogP contribution in [0.15, 0.2) is 28.7 Å². The average molecular weight is 258 g/mol. The molecule has 0 aliphatic carbocycles. The molecule has 3 heteroatoms. The molecule has 0 bridgehead atoms. The lowest BCUT2D eigenvalue weighted by molar-refractivity contribution is 0.214. The monoisotopic (exact) mass is 257 g/mol. The minimum Gasteiger partial charge on any atom is -0.307 e. The van der Waals surface area contributed by atoms with Crippen LogP contribution in [0.5, 0.6) is 0 Å². The molecule has 1 saturated heterocycles. The van der Waals surface area contributed by atoms with Crippen LogP contribution in [0.3, 0.4) is 0 Å². The second-order valence-corrected chi connectivity index (χ2v) is 5.02. The topological polar surface area (TPSA) is 12.0 Å². The van der Waals surface area contributed by atoms with Crippen LogP contribution in [0.2, 0.25) is 0 Å². The van der Waals surface area contributed by atoms with Crippen LogP contribution in [0, 0.1) is 0 Å².